The Morgan fingerprint density at radius 1 is 1.18 bits per heavy atom. The van der Waals surface area contributed by atoms with Gasteiger partial charge in [0.15, 0.2) is 0 Å². The fourth-order valence-electron chi connectivity index (χ4n) is 2.63. The maximum atomic E-state index is 13.6. The third-order valence-electron chi connectivity index (χ3n) is 4.05. The quantitative estimate of drug-likeness (QED) is 0.559. The fourth-order valence-corrected chi connectivity index (χ4v) is 3.84. The number of amides is 1. The van der Waals surface area contributed by atoms with Gasteiger partial charge in [0.25, 0.3) is 5.91 Å². The van der Waals surface area contributed by atoms with Crippen molar-refractivity contribution in [2.24, 2.45) is 0 Å². The van der Waals surface area contributed by atoms with Crippen molar-refractivity contribution in [2.75, 3.05) is 12.3 Å². The lowest BCUT2D eigenvalue weighted by molar-refractivity contribution is 0.0955. The van der Waals surface area contributed by atoms with Crippen LogP contribution in [0.25, 0.3) is 5.69 Å². The van der Waals surface area contributed by atoms with Crippen molar-refractivity contribution in [3.8, 4) is 5.69 Å². The Morgan fingerprint density at radius 2 is 1.89 bits per heavy atom. The summed E-state index contributed by atoms with van der Waals surface area (Å²) >= 11 is 7.86. The molecule has 8 heteroatoms. The zero-order chi connectivity index (χ0) is 20.1. The van der Waals surface area contributed by atoms with Crippen LogP contribution in [0.1, 0.15) is 21.6 Å². The third-order valence-corrected chi connectivity index (χ3v) is 5.41. The first-order valence-electron chi connectivity index (χ1n) is 8.58. The molecule has 3 rings (SSSR count). The number of aromatic nitrogens is 2. The van der Waals surface area contributed by atoms with Crippen molar-refractivity contribution in [1.29, 1.82) is 0 Å². The molecule has 1 amide bonds. The molecular weight excluding hydrogens is 404 g/mol. The standard InChI is InChI=1S/C20H18ClF2N3OS/c1-13-18(19(21)26(25-13)16-8-6-15(22)7-9-16)20(27)24-10-11-28-12-14-4-2-3-5-17(14)23/h2-9H,10-12H2,1H3,(H,24,27). The maximum absolute atomic E-state index is 13.6. The van der Waals surface area contributed by atoms with E-state index in [1.807, 2.05) is 0 Å². The number of carbonyl (C=O) groups is 1. The average Bonchev–Trinajstić information content (AvgIpc) is 2.97. The van der Waals surface area contributed by atoms with Gasteiger partial charge in [-0.15, -0.1) is 0 Å². The van der Waals surface area contributed by atoms with Crippen LogP contribution in [-0.4, -0.2) is 28.0 Å². The minimum absolute atomic E-state index is 0.167. The van der Waals surface area contributed by atoms with Crippen LogP contribution >= 0.6 is 23.4 Å². The summed E-state index contributed by atoms with van der Waals surface area (Å²) in [6.45, 7) is 2.10. The van der Waals surface area contributed by atoms with Crippen molar-refractivity contribution < 1.29 is 13.6 Å². The van der Waals surface area contributed by atoms with E-state index in [9.17, 15) is 13.6 Å². The summed E-state index contributed by atoms with van der Waals surface area (Å²) in [7, 11) is 0. The number of hydrogen-bond acceptors (Lipinski definition) is 3. The van der Waals surface area contributed by atoms with Crippen LogP contribution in [0.4, 0.5) is 8.78 Å². The number of aryl methyl sites for hydroxylation is 1. The second-order valence-electron chi connectivity index (χ2n) is 6.04. The van der Waals surface area contributed by atoms with Crippen LogP contribution in [0.5, 0.6) is 0 Å². The maximum Gasteiger partial charge on any atom is 0.256 e. The van der Waals surface area contributed by atoms with E-state index in [0.717, 1.165) is 0 Å². The van der Waals surface area contributed by atoms with Crippen molar-refractivity contribution in [1.82, 2.24) is 15.1 Å². The summed E-state index contributed by atoms with van der Waals surface area (Å²) in [5, 5.41) is 7.25. The van der Waals surface area contributed by atoms with Crippen LogP contribution < -0.4 is 5.32 Å². The Hall–Kier alpha value is -2.38. The number of halogens is 3. The van der Waals surface area contributed by atoms with Crippen LogP contribution in [0.3, 0.4) is 0 Å². The molecule has 0 saturated heterocycles. The summed E-state index contributed by atoms with van der Waals surface area (Å²) in [5.41, 5.74) is 1.96. The molecule has 0 atom stereocenters. The lowest BCUT2D eigenvalue weighted by Crippen LogP contribution is -2.26. The molecule has 0 unspecified atom stereocenters. The number of rotatable bonds is 7. The van der Waals surface area contributed by atoms with Gasteiger partial charge in [-0.05, 0) is 42.8 Å². The summed E-state index contributed by atoms with van der Waals surface area (Å²) < 4.78 is 28.1. The summed E-state index contributed by atoms with van der Waals surface area (Å²) in [6, 6.07) is 12.3. The van der Waals surface area contributed by atoms with Crippen LogP contribution in [0.15, 0.2) is 48.5 Å². The van der Waals surface area contributed by atoms with Crippen molar-refractivity contribution in [3.63, 3.8) is 0 Å². The Morgan fingerprint density at radius 3 is 2.61 bits per heavy atom. The lowest BCUT2D eigenvalue weighted by Gasteiger charge is -2.06. The van der Waals surface area contributed by atoms with Crippen molar-refractivity contribution in [2.45, 2.75) is 12.7 Å². The number of nitrogens with one attached hydrogen (secondary N) is 1. The highest BCUT2D eigenvalue weighted by Gasteiger charge is 2.20. The topological polar surface area (TPSA) is 46.9 Å². The molecule has 1 heterocycles. The molecule has 4 nitrogen and oxygen atoms in total. The van der Waals surface area contributed by atoms with E-state index in [1.165, 1.54) is 46.8 Å². The molecule has 0 spiro atoms. The number of carbonyl (C=O) groups excluding carboxylic acids is 1. The molecule has 0 radical (unpaired) electrons. The summed E-state index contributed by atoms with van der Waals surface area (Å²) in [5.74, 6) is 0.236. The van der Waals surface area contributed by atoms with Gasteiger partial charge >= 0.3 is 0 Å². The molecule has 1 N–H and O–H groups in total. The van der Waals surface area contributed by atoms with E-state index in [-0.39, 0.29) is 28.3 Å². The van der Waals surface area contributed by atoms with Gasteiger partial charge in [0, 0.05) is 18.1 Å². The van der Waals surface area contributed by atoms with E-state index < -0.39 is 0 Å². The van der Waals surface area contributed by atoms with Gasteiger partial charge in [-0.25, -0.2) is 13.5 Å². The summed E-state index contributed by atoms with van der Waals surface area (Å²) in [6.07, 6.45) is 0. The van der Waals surface area contributed by atoms with E-state index in [4.69, 9.17) is 11.6 Å². The van der Waals surface area contributed by atoms with Gasteiger partial charge in [0.2, 0.25) is 0 Å². The fraction of sp³-hybridized carbons (Fsp3) is 0.200. The third kappa shape index (κ3) is 4.72. The molecule has 0 aliphatic carbocycles. The lowest BCUT2D eigenvalue weighted by atomic mass is 10.2. The largest absolute Gasteiger partial charge is 0.351 e. The van der Waals surface area contributed by atoms with Crippen LogP contribution in [-0.2, 0) is 5.75 Å². The molecule has 0 bridgehead atoms. The Labute approximate surface area is 170 Å². The SMILES string of the molecule is Cc1nn(-c2ccc(F)cc2)c(Cl)c1C(=O)NCCSCc1ccccc1F. The van der Waals surface area contributed by atoms with Gasteiger partial charge in [-0.3, -0.25) is 4.79 Å². The van der Waals surface area contributed by atoms with Crippen molar-refractivity contribution >= 4 is 29.3 Å². The minimum atomic E-state index is -0.366. The normalized spacial score (nSPS) is 10.9. The van der Waals surface area contributed by atoms with Gasteiger partial charge in [-0.2, -0.15) is 16.9 Å². The van der Waals surface area contributed by atoms with Crippen LogP contribution in [0, 0.1) is 18.6 Å². The Kier molecular flexibility index (Phi) is 6.70. The highest BCUT2D eigenvalue weighted by Crippen LogP contribution is 2.23. The van der Waals surface area contributed by atoms with Crippen LogP contribution in [0.2, 0.25) is 5.15 Å². The summed E-state index contributed by atoms with van der Waals surface area (Å²) in [4.78, 5) is 12.5. The first-order valence-corrected chi connectivity index (χ1v) is 10.1. The first kappa shape index (κ1) is 20.4. The Balaban J connectivity index is 1.57. The molecule has 0 saturated carbocycles. The van der Waals surface area contributed by atoms with Crippen molar-refractivity contribution in [3.05, 3.63) is 82.1 Å². The number of benzene rings is 2. The smallest absolute Gasteiger partial charge is 0.256 e. The zero-order valence-electron chi connectivity index (χ0n) is 15.1. The molecule has 0 aliphatic rings. The Bertz CT molecular complexity index is 976. The van der Waals surface area contributed by atoms with Gasteiger partial charge in [0.1, 0.15) is 16.8 Å². The molecule has 0 fully saturated rings. The van der Waals surface area contributed by atoms with E-state index in [1.54, 1.807) is 25.1 Å². The van der Waals surface area contributed by atoms with E-state index in [2.05, 4.69) is 10.4 Å². The average molecular weight is 422 g/mol. The molecule has 2 aromatic carbocycles. The molecule has 28 heavy (non-hydrogen) atoms. The zero-order valence-corrected chi connectivity index (χ0v) is 16.7. The molecule has 1 aromatic heterocycles. The van der Waals surface area contributed by atoms with Gasteiger partial charge in [-0.1, -0.05) is 29.8 Å². The second kappa shape index (κ2) is 9.21. The number of nitrogens with zero attached hydrogens (tertiary/aromatic N) is 2. The predicted octanol–water partition coefficient (Wildman–Crippen LogP) is 4.78. The second-order valence-corrected chi connectivity index (χ2v) is 7.50. The highest BCUT2D eigenvalue weighted by molar-refractivity contribution is 7.98. The van der Waals surface area contributed by atoms with Gasteiger partial charge in [0.05, 0.1) is 16.9 Å². The predicted molar refractivity (Wildman–Crippen MR) is 108 cm³/mol. The monoisotopic (exact) mass is 421 g/mol. The highest BCUT2D eigenvalue weighted by atomic mass is 35.5. The van der Waals surface area contributed by atoms with E-state index in [0.29, 0.717) is 35.0 Å². The first-order chi connectivity index (χ1) is 13.5. The minimum Gasteiger partial charge on any atom is -0.351 e. The molecule has 0 aliphatic heterocycles. The molecule has 3 aromatic rings. The molecule has 146 valence electrons. The number of thioether (sulfide) groups is 1. The van der Waals surface area contributed by atoms with E-state index >= 15 is 0 Å². The number of hydrogen-bond donors (Lipinski definition) is 1. The molecular formula is C20H18ClF2N3OS. The van der Waals surface area contributed by atoms with Gasteiger partial charge < -0.3 is 5.32 Å².